The second kappa shape index (κ2) is 6.94. The van der Waals surface area contributed by atoms with Crippen LogP contribution in [0.1, 0.15) is 50.6 Å². The third-order valence-electron chi connectivity index (χ3n) is 2.60. The van der Waals surface area contributed by atoms with E-state index in [1.54, 1.807) is 6.33 Å². The Morgan fingerprint density at radius 2 is 2.06 bits per heavy atom. The summed E-state index contributed by atoms with van der Waals surface area (Å²) in [5, 5.41) is 0. The molecule has 1 heterocycles. The van der Waals surface area contributed by atoms with Crippen molar-refractivity contribution in [3.8, 4) is 0 Å². The molecule has 0 bridgehead atoms. The summed E-state index contributed by atoms with van der Waals surface area (Å²) in [4.78, 5) is 13.0. The molecule has 0 atom stereocenters. The van der Waals surface area contributed by atoms with E-state index in [4.69, 9.17) is 0 Å². The summed E-state index contributed by atoms with van der Waals surface area (Å²) in [6, 6.07) is 0. The number of nitrogens with zero attached hydrogens (tertiary/aromatic N) is 3. The maximum Gasteiger partial charge on any atom is 0.116 e. The maximum absolute atomic E-state index is 4.40. The minimum atomic E-state index is 0.419. The second-order valence-corrected chi connectivity index (χ2v) is 4.21. The van der Waals surface area contributed by atoms with E-state index in [1.807, 2.05) is 20.1 Å². The molecule has 0 unspecified atom stereocenters. The topological polar surface area (TPSA) is 38.1 Å². The van der Waals surface area contributed by atoms with Crippen molar-refractivity contribution in [2.45, 2.75) is 46.6 Å². The van der Waals surface area contributed by atoms with Gasteiger partial charge in [-0.25, -0.2) is 9.97 Å². The Hall–Kier alpha value is -1.51. The number of rotatable bonds is 5. The minimum Gasteiger partial charge on any atom is -0.291 e. The van der Waals surface area contributed by atoms with Crippen LogP contribution in [0.25, 0.3) is 0 Å². The van der Waals surface area contributed by atoms with Gasteiger partial charge in [0.15, 0.2) is 0 Å². The molecule has 3 nitrogen and oxygen atoms in total. The van der Waals surface area contributed by atoms with Gasteiger partial charge in [-0.1, -0.05) is 26.0 Å². The quantitative estimate of drug-likeness (QED) is 0.576. The van der Waals surface area contributed by atoms with Gasteiger partial charge >= 0.3 is 0 Å². The molecular formula is C14H21N3. The average molecular weight is 231 g/mol. The van der Waals surface area contributed by atoms with Crippen molar-refractivity contribution in [2.75, 3.05) is 0 Å². The van der Waals surface area contributed by atoms with E-state index in [-0.39, 0.29) is 0 Å². The highest BCUT2D eigenvalue weighted by molar-refractivity contribution is 5.53. The van der Waals surface area contributed by atoms with Gasteiger partial charge in [-0.05, 0) is 32.4 Å². The van der Waals surface area contributed by atoms with Crippen LogP contribution in [-0.4, -0.2) is 16.2 Å². The number of hydrogen-bond acceptors (Lipinski definition) is 3. The van der Waals surface area contributed by atoms with Gasteiger partial charge in [0.25, 0.3) is 0 Å². The van der Waals surface area contributed by atoms with Gasteiger partial charge in [-0.15, -0.1) is 0 Å². The van der Waals surface area contributed by atoms with Gasteiger partial charge in [0, 0.05) is 5.56 Å². The Kier molecular flexibility index (Phi) is 5.53. The molecule has 0 amide bonds. The third-order valence-corrected chi connectivity index (χ3v) is 2.60. The fraction of sp³-hybridized carbons (Fsp3) is 0.500. The summed E-state index contributed by atoms with van der Waals surface area (Å²) in [6.45, 7) is 8.92. The first kappa shape index (κ1) is 13.6. The summed E-state index contributed by atoms with van der Waals surface area (Å²) >= 11 is 0. The molecule has 0 spiro atoms. The van der Waals surface area contributed by atoms with Gasteiger partial charge in [0.1, 0.15) is 6.33 Å². The molecule has 1 aromatic rings. The SMILES string of the molecule is CC=CCc1c(C/N=C\C)ncnc1C(C)C. The standard InChI is InChI=1S/C14H21N3/c1-5-7-8-12-13(9-15-6-2)16-10-17-14(12)11(3)4/h5-7,10-11H,8-9H2,1-4H3/b7-5?,15-6-. The summed E-state index contributed by atoms with van der Waals surface area (Å²) < 4.78 is 0. The van der Waals surface area contributed by atoms with Crippen LogP contribution < -0.4 is 0 Å². The number of hydrogen-bond donors (Lipinski definition) is 0. The molecule has 0 N–H and O–H groups in total. The highest BCUT2D eigenvalue weighted by Crippen LogP contribution is 2.20. The van der Waals surface area contributed by atoms with Crippen LogP contribution in [0.15, 0.2) is 23.5 Å². The van der Waals surface area contributed by atoms with Crippen LogP contribution in [-0.2, 0) is 13.0 Å². The average Bonchev–Trinajstić information content (AvgIpc) is 2.33. The molecule has 1 aromatic heterocycles. The van der Waals surface area contributed by atoms with Crippen molar-refractivity contribution >= 4 is 6.21 Å². The van der Waals surface area contributed by atoms with Crippen LogP contribution in [0, 0.1) is 0 Å². The van der Waals surface area contributed by atoms with Crippen LogP contribution in [0.2, 0.25) is 0 Å². The van der Waals surface area contributed by atoms with E-state index in [0.717, 1.165) is 17.8 Å². The van der Waals surface area contributed by atoms with Crippen LogP contribution in [0.5, 0.6) is 0 Å². The Balaban J connectivity index is 3.13. The van der Waals surface area contributed by atoms with Crippen molar-refractivity contribution in [3.63, 3.8) is 0 Å². The van der Waals surface area contributed by atoms with Gasteiger partial charge in [-0.2, -0.15) is 0 Å². The molecule has 3 heteroatoms. The van der Waals surface area contributed by atoms with Crippen LogP contribution in [0.4, 0.5) is 0 Å². The van der Waals surface area contributed by atoms with Crippen molar-refractivity contribution in [2.24, 2.45) is 4.99 Å². The highest BCUT2D eigenvalue weighted by atomic mass is 14.9. The Morgan fingerprint density at radius 3 is 2.65 bits per heavy atom. The Labute approximate surface area is 104 Å². The van der Waals surface area contributed by atoms with E-state index in [9.17, 15) is 0 Å². The first-order chi connectivity index (χ1) is 8.20. The molecule has 0 saturated carbocycles. The van der Waals surface area contributed by atoms with Crippen molar-refractivity contribution in [1.82, 2.24) is 9.97 Å². The molecule has 0 aliphatic heterocycles. The van der Waals surface area contributed by atoms with Gasteiger partial charge in [0.2, 0.25) is 0 Å². The summed E-state index contributed by atoms with van der Waals surface area (Å²) in [5.41, 5.74) is 3.41. The van der Waals surface area contributed by atoms with Crippen LogP contribution >= 0.6 is 0 Å². The van der Waals surface area contributed by atoms with Crippen molar-refractivity contribution in [3.05, 3.63) is 35.4 Å². The predicted molar refractivity (Wildman–Crippen MR) is 72.5 cm³/mol. The summed E-state index contributed by atoms with van der Waals surface area (Å²) in [5.74, 6) is 0.419. The van der Waals surface area contributed by atoms with Gasteiger partial charge in [-0.3, -0.25) is 4.99 Å². The fourth-order valence-corrected chi connectivity index (χ4v) is 1.73. The monoisotopic (exact) mass is 231 g/mol. The lowest BCUT2D eigenvalue weighted by Crippen LogP contribution is -2.06. The van der Waals surface area contributed by atoms with E-state index in [0.29, 0.717) is 12.5 Å². The zero-order chi connectivity index (χ0) is 12.7. The van der Waals surface area contributed by atoms with Gasteiger partial charge in [0.05, 0.1) is 17.9 Å². The smallest absolute Gasteiger partial charge is 0.116 e. The summed E-state index contributed by atoms with van der Waals surface area (Å²) in [7, 11) is 0. The zero-order valence-electron chi connectivity index (χ0n) is 11.1. The van der Waals surface area contributed by atoms with E-state index >= 15 is 0 Å². The number of aliphatic imine (C=N–C) groups is 1. The largest absolute Gasteiger partial charge is 0.291 e. The Morgan fingerprint density at radius 1 is 1.29 bits per heavy atom. The molecule has 0 radical (unpaired) electrons. The molecule has 0 fully saturated rings. The lowest BCUT2D eigenvalue weighted by molar-refractivity contribution is 0.775. The molecule has 0 saturated heterocycles. The predicted octanol–water partition coefficient (Wildman–Crippen LogP) is 3.31. The molecule has 0 aliphatic rings. The zero-order valence-corrected chi connectivity index (χ0v) is 11.1. The molecule has 0 aliphatic carbocycles. The van der Waals surface area contributed by atoms with E-state index in [2.05, 4.69) is 41.0 Å². The number of allylic oxidation sites excluding steroid dienone is 2. The van der Waals surface area contributed by atoms with E-state index < -0.39 is 0 Å². The van der Waals surface area contributed by atoms with E-state index in [1.165, 1.54) is 5.56 Å². The molecule has 92 valence electrons. The second-order valence-electron chi connectivity index (χ2n) is 4.21. The number of aromatic nitrogens is 2. The Bertz CT molecular complexity index is 406. The van der Waals surface area contributed by atoms with Crippen LogP contribution in [0.3, 0.4) is 0 Å². The fourth-order valence-electron chi connectivity index (χ4n) is 1.73. The first-order valence-corrected chi connectivity index (χ1v) is 6.08. The molecule has 17 heavy (non-hydrogen) atoms. The summed E-state index contributed by atoms with van der Waals surface area (Å²) in [6.07, 6.45) is 8.55. The maximum atomic E-state index is 4.40. The van der Waals surface area contributed by atoms with Crippen molar-refractivity contribution in [1.29, 1.82) is 0 Å². The minimum absolute atomic E-state index is 0.419. The lowest BCUT2D eigenvalue weighted by Gasteiger charge is -2.13. The van der Waals surface area contributed by atoms with Gasteiger partial charge < -0.3 is 0 Å². The molecule has 1 rings (SSSR count). The highest BCUT2D eigenvalue weighted by Gasteiger charge is 2.12. The lowest BCUT2D eigenvalue weighted by atomic mass is 9.99. The molecular weight excluding hydrogens is 210 g/mol. The van der Waals surface area contributed by atoms with Crippen molar-refractivity contribution < 1.29 is 0 Å². The third kappa shape index (κ3) is 3.77. The normalized spacial score (nSPS) is 12.1. The first-order valence-electron chi connectivity index (χ1n) is 6.08. The molecule has 0 aromatic carbocycles.